The maximum absolute atomic E-state index is 10.1. The lowest BCUT2D eigenvalue weighted by molar-refractivity contribution is -0.157. The summed E-state index contributed by atoms with van der Waals surface area (Å²) >= 11 is 0. The number of aliphatic hydroxyl groups excluding tert-OH is 1. The Morgan fingerprint density at radius 3 is 2.71 bits per heavy atom. The van der Waals surface area contributed by atoms with Gasteiger partial charge in [-0.25, -0.2) is 0 Å². The largest absolute Gasteiger partial charge is 0.368 e. The van der Waals surface area contributed by atoms with Crippen LogP contribution in [0, 0.1) is 0 Å². The van der Waals surface area contributed by atoms with E-state index in [4.69, 9.17) is 4.74 Å². The molecule has 1 aliphatic heterocycles. The molecule has 2 rings (SSSR count). The summed E-state index contributed by atoms with van der Waals surface area (Å²) in [5, 5.41) is 10.2. The van der Waals surface area contributed by atoms with Crippen LogP contribution < -0.4 is 0 Å². The average molecular weight is 196 g/mol. The second-order valence-corrected chi connectivity index (χ2v) is 5.11. The monoisotopic (exact) mass is 196 g/mol. The molecule has 2 nitrogen and oxygen atoms in total. The molecule has 80 valence electrons. The topological polar surface area (TPSA) is 29.5 Å². The SMILES string of the molecule is CC1CCBC2(CCCCC2)C(O)O1. The Kier molecular flexibility index (Phi) is 3.18. The van der Waals surface area contributed by atoms with Crippen LogP contribution in [0.15, 0.2) is 0 Å². The number of rotatable bonds is 0. The molecule has 0 bridgehead atoms. The first-order valence-corrected chi connectivity index (χ1v) is 6.06. The smallest absolute Gasteiger partial charge is 0.153 e. The zero-order valence-corrected chi connectivity index (χ0v) is 9.17. The first-order valence-electron chi connectivity index (χ1n) is 6.06. The molecule has 2 atom stereocenters. The second-order valence-electron chi connectivity index (χ2n) is 5.11. The van der Waals surface area contributed by atoms with E-state index in [2.05, 4.69) is 6.92 Å². The van der Waals surface area contributed by atoms with Crippen molar-refractivity contribution in [1.82, 2.24) is 0 Å². The summed E-state index contributed by atoms with van der Waals surface area (Å²) in [6.45, 7) is 2.07. The highest BCUT2D eigenvalue weighted by molar-refractivity contribution is 6.40. The van der Waals surface area contributed by atoms with Gasteiger partial charge in [-0.15, -0.1) is 0 Å². The fourth-order valence-electron chi connectivity index (χ4n) is 3.05. The molecule has 2 unspecified atom stereocenters. The number of hydrogen-bond donors (Lipinski definition) is 1. The van der Waals surface area contributed by atoms with Crippen molar-refractivity contribution < 1.29 is 9.84 Å². The van der Waals surface area contributed by atoms with Gasteiger partial charge in [-0.3, -0.25) is 0 Å². The van der Waals surface area contributed by atoms with Crippen molar-refractivity contribution in [3.8, 4) is 0 Å². The highest BCUT2D eigenvalue weighted by Crippen LogP contribution is 2.48. The lowest BCUT2D eigenvalue weighted by Gasteiger charge is -2.39. The fourth-order valence-corrected chi connectivity index (χ4v) is 3.05. The van der Waals surface area contributed by atoms with Crippen LogP contribution in [0.5, 0.6) is 0 Å². The number of aliphatic hydroxyl groups is 1. The molecule has 0 aromatic heterocycles. The van der Waals surface area contributed by atoms with Crippen LogP contribution in [-0.4, -0.2) is 24.8 Å². The van der Waals surface area contributed by atoms with Crippen molar-refractivity contribution in [2.75, 3.05) is 0 Å². The predicted molar refractivity (Wildman–Crippen MR) is 58.9 cm³/mol. The van der Waals surface area contributed by atoms with E-state index < -0.39 is 6.29 Å². The van der Waals surface area contributed by atoms with Crippen LogP contribution in [0.25, 0.3) is 0 Å². The molecule has 0 amide bonds. The molecule has 1 saturated heterocycles. The summed E-state index contributed by atoms with van der Waals surface area (Å²) in [6, 6.07) is 0. The lowest BCUT2D eigenvalue weighted by atomic mass is 9.45. The normalized spacial score (nSPS) is 37.6. The zero-order valence-electron chi connectivity index (χ0n) is 9.17. The molecule has 2 aliphatic rings. The van der Waals surface area contributed by atoms with Crippen LogP contribution in [0.3, 0.4) is 0 Å². The first-order chi connectivity index (χ1) is 6.73. The van der Waals surface area contributed by atoms with Gasteiger partial charge in [0, 0.05) is 0 Å². The van der Waals surface area contributed by atoms with Crippen LogP contribution in [-0.2, 0) is 4.74 Å². The molecular formula is C11H21BO2. The quantitative estimate of drug-likeness (QED) is 0.601. The Balaban J connectivity index is 2.07. The third-order valence-electron chi connectivity index (χ3n) is 4.02. The van der Waals surface area contributed by atoms with Crippen molar-refractivity contribution in [1.29, 1.82) is 0 Å². The molecule has 1 saturated carbocycles. The molecule has 14 heavy (non-hydrogen) atoms. The number of hydrogen-bond acceptors (Lipinski definition) is 2. The maximum atomic E-state index is 10.1. The second kappa shape index (κ2) is 4.24. The van der Waals surface area contributed by atoms with Crippen LogP contribution in [0.1, 0.15) is 45.4 Å². The third kappa shape index (κ3) is 1.99. The van der Waals surface area contributed by atoms with E-state index in [9.17, 15) is 5.11 Å². The molecule has 1 spiro atoms. The molecule has 0 radical (unpaired) electrons. The molecule has 0 aromatic carbocycles. The summed E-state index contributed by atoms with van der Waals surface area (Å²) < 4.78 is 5.66. The van der Waals surface area contributed by atoms with Crippen molar-refractivity contribution in [2.24, 2.45) is 0 Å². The van der Waals surface area contributed by atoms with Gasteiger partial charge in [0.25, 0.3) is 0 Å². The van der Waals surface area contributed by atoms with Gasteiger partial charge in [0.2, 0.25) is 0 Å². The highest BCUT2D eigenvalue weighted by atomic mass is 16.6. The van der Waals surface area contributed by atoms with E-state index in [-0.39, 0.29) is 11.4 Å². The van der Waals surface area contributed by atoms with Crippen LogP contribution >= 0.6 is 0 Å². The minimum absolute atomic E-state index is 0.114. The van der Waals surface area contributed by atoms with Gasteiger partial charge in [0.1, 0.15) is 7.28 Å². The number of ether oxygens (including phenoxy) is 1. The van der Waals surface area contributed by atoms with Gasteiger partial charge < -0.3 is 9.84 Å². The molecule has 1 aliphatic carbocycles. The summed E-state index contributed by atoms with van der Waals surface area (Å²) in [5.74, 6) is 0. The van der Waals surface area contributed by atoms with Crippen LogP contribution in [0.4, 0.5) is 0 Å². The zero-order chi connectivity index (χ0) is 10.0. The van der Waals surface area contributed by atoms with Crippen molar-refractivity contribution >= 4 is 7.28 Å². The molecule has 2 fully saturated rings. The van der Waals surface area contributed by atoms with E-state index in [1.54, 1.807) is 0 Å². The molecule has 0 aromatic rings. The first kappa shape index (κ1) is 10.5. The minimum atomic E-state index is -0.500. The van der Waals surface area contributed by atoms with E-state index in [1.165, 1.54) is 45.7 Å². The van der Waals surface area contributed by atoms with Gasteiger partial charge in [-0.2, -0.15) is 0 Å². The molecule has 1 heterocycles. The average Bonchev–Trinajstić information content (AvgIpc) is 2.30. The van der Waals surface area contributed by atoms with Gasteiger partial charge in [0.05, 0.1) is 6.10 Å². The fraction of sp³-hybridized carbons (Fsp3) is 1.00. The summed E-state index contributed by atoms with van der Waals surface area (Å²) in [4.78, 5) is 0. The Bertz CT molecular complexity index is 190. The molecule has 3 heteroatoms. The van der Waals surface area contributed by atoms with E-state index >= 15 is 0 Å². The highest BCUT2D eigenvalue weighted by Gasteiger charge is 2.42. The van der Waals surface area contributed by atoms with Gasteiger partial charge in [0.15, 0.2) is 6.29 Å². The Morgan fingerprint density at radius 1 is 1.29 bits per heavy atom. The van der Waals surface area contributed by atoms with E-state index in [0.717, 1.165) is 6.42 Å². The summed E-state index contributed by atoms with van der Waals surface area (Å²) in [7, 11) is 1.17. The van der Waals surface area contributed by atoms with Crippen LogP contribution in [0.2, 0.25) is 11.6 Å². The third-order valence-corrected chi connectivity index (χ3v) is 4.02. The van der Waals surface area contributed by atoms with Crippen molar-refractivity contribution in [3.63, 3.8) is 0 Å². The van der Waals surface area contributed by atoms with Gasteiger partial charge >= 0.3 is 0 Å². The Labute approximate surface area is 87.3 Å². The van der Waals surface area contributed by atoms with E-state index in [1.807, 2.05) is 0 Å². The minimum Gasteiger partial charge on any atom is -0.368 e. The van der Waals surface area contributed by atoms with E-state index in [0.29, 0.717) is 0 Å². The standard InChI is InChI=1S/C11H21BO2/c1-9-5-8-12-11(10(13)14-9)6-3-2-4-7-11/h9-10,12-13H,2-8H2,1H3. The molecule has 1 N–H and O–H groups in total. The maximum Gasteiger partial charge on any atom is 0.153 e. The van der Waals surface area contributed by atoms with Crippen molar-refractivity contribution in [3.05, 3.63) is 0 Å². The Morgan fingerprint density at radius 2 is 2.00 bits per heavy atom. The lowest BCUT2D eigenvalue weighted by Crippen LogP contribution is -2.36. The molecular weight excluding hydrogens is 175 g/mol. The van der Waals surface area contributed by atoms with Gasteiger partial charge in [-0.1, -0.05) is 25.6 Å². The van der Waals surface area contributed by atoms with Gasteiger partial charge in [-0.05, 0) is 31.5 Å². The van der Waals surface area contributed by atoms with Crippen molar-refractivity contribution in [2.45, 2.75) is 69.5 Å². The predicted octanol–water partition coefficient (Wildman–Crippen LogP) is 2.09. The summed E-state index contributed by atoms with van der Waals surface area (Å²) in [5.41, 5.74) is 0. The Hall–Kier alpha value is -0.0151. The summed E-state index contributed by atoms with van der Waals surface area (Å²) in [6.07, 6.45) is 8.29.